The molecule has 2 atom stereocenters. The van der Waals surface area contributed by atoms with E-state index in [-0.39, 0.29) is 5.91 Å². The summed E-state index contributed by atoms with van der Waals surface area (Å²) in [5.41, 5.74) is 2.29. The second kappa shape index (κ2) is 10.2. The van der Waals surface area contributed by atoms with Crippen molar-refractivity contribution in [2.45, 2.75) is 51.5 Å². The summed E-state index contributed by atoms with van der Waals surface area (Å²) in [4.78, 5) is 15.9. The molecule has 3 aromatic rings. The molecule has 0 spiro atoms. The zero-order valence-corrected chi connectivity index (χ0v) is 20.1. The SMILES string of the molecule is Cc1ccc(Oc2cc(Oc3ccc(C#N)cc3)cc(C(=O)N3CCCC4CCCCC43)c2)cc1. The highest BCUT2D eigenvalue weighted by molar-refractivity contribution is 5.95. The highest BCUT2D eigenvalue weighted by atomic mass is 16.5. The van der Waals surface area contributed by atoms with E-state index in [0.717, 1.165) is 24.9 Å². The number of aryl methyl sites for hydroxylation is 1. The van der Waals surface area contributed by atoms with Crippen molar-refractivity contribution in [1.82, 2.24) is 4.90 Å². The van der Waals surface area contributed by atoms with Crippen LogP contribution in [0, 0.1) is 24.2 Å². The highest BCUT2D eigenvalue weighted by Crippen LogP contribution is 2.37. The molecule has 1 saturated carbocycles. The standard InChI is InChI=1S/C30H30N2O3/c1-21-8-12-25(13-9-21)34-27-17-24(18-28(19-27)35-26-14-10-22(20-31)11-15-26)30(33)32-16-4-6-23-5-2-3-7-29(23)32/h8-15,17-19,23,29H,2-7,16H2,1H3. The van der Waals surface area contributed by atoms with E-state index in [2.05, 4.69) is 11.0 Å². The molecule has 1 amide bonds. The van der Waals surface area contributed by atoms with Gasteiger partial charge in [-0.15, -0.1) is 0 Å². The predicted octanol–water partition coefficient (Wildman–Crippen LogP) is 7.25. The van der Waals surface area contributed by atoms with Gasteiger partial charge in [0.2, 0.25) is 0 Å². The van der Waals surface area contributed by atoms with Crippen molar-refractivity contribution in [3.8, 4) is 29.1 Å². The number of amides is 1. The number of likely N-dealkylation sites (tertiary alicyclic amines) is 1. The largest absolute Gasteiger partial charge is 0.457 e. The van der Waals surface area contributed by atoms with Gasteiger partial charge in [0.05, 0.1) is 11.6 Å². The minimum Gasteiger partial charge on any atom is -0.457 e. The number of fused-ring (bicyclic) bond motifs is 1. The molecular formula is C30H30N2O3. The van der Waals surface area contributed by atoms with Crippen LogP contribution < -0.4 is 9.47 Å². The normalized spacial score (nSPS) is 19.4. The maximum absolute atomic E-state index is 13.8. The molecule has 0 bridgehead atoms. The van der Waals surface area contributed by atoms with Crippen LogP contribution in [0.1, 0.15) is 60.0 Å². The number of rotatable bonds is 5. The van der Waals surface area contributed by atoms with Crippen LogP contribution in [0.5, 0.6) is 23.0 Å². The lowest BCUT2D eigenvalue weighted by Crippen LogP contribution is -2.49. The quantitative estimate of drug-likeness (QED) is 0.397. The Hall–Kier alpha value is -3.78. The molecule has 35 heavy (non-hydrogen) atoms. The minimum absolute atomic E-state index is 0.0423. The summed E-state index contributed by atoms with van der Waals surface area (Å²) in [6.45, 7) is 2.83. The Bertz CT molecular complexity index is 1230. The average Bonchev–Trinajstić information content (AvgIpc) is 2.89. The van der Waals surface area contributed by atoms with Crippen molar-refractivity contribution in [2.24, 2.45) is 5.92 Å². The van der Waals surface area contributed by atoms with Gasteiger partial charge >= 0.3 is 0 Å². The molecule has 0 aromatic heterocycles. The molecule has 5 nitrogen and oxygen atoms in total. The third-order valence-electron chi connectivity index (χ3n) is 7.11. The second-order valence-corrected chi connectivity index (χ2v) is 9.60. The zero-order chi connectivity index (χ0) is 24.2. The fourth-order valence-electron chi connectivity index (χ4n) is 5.33. The maximum atomic E-state index is 13.8. The van der Waals surface area contributed by atoms with Gasteiger partial charge in [0.25, 0.3) is 5.91 Å². The van der Waals surface area contributed by atoms with Crippen molar-refractivity contribution >= 4 is 5.91 Å². The Labute approximate surface area is 206 Å². The molecule has 2 unspecified atom stereocenters. The molecule has 5 rings (SSSR count). The van der Waals surface area contributed by atoms with Gasteiger partial charge in [-0.3, -0.25) is 4.79 Å². The smallest absolute Gasteiger partial charge is 0.254 e. The lowest BCUT2D eigenvalue weighted by atomic mass is 9.78. The Morgan fingerprint density at radius 3 is 2.09 bits per heavy atom. The summed E-state index contributed by atoms with van der Waals surface area (Å²) in [6.07, 6.45) is 7.04. The lowest BCUT2D eigenvalue weighted by molar-refractivity contribution is 0.0390. The van der Waals surface area contributed by atoms with Crippen LogP contribution in [0.4, 0.5) is 0 Å². The number of carbonyl (C=O) groups is 1. The van der Waals surface area contributed by atoms with Gasteiger partial charge in [0.1, 0.15) is 23.0 Å². The third-order valence-corrected chi connectivity index (χ3v) is 7.11. The Morgan fingerprint density at radius 1 is 0.829 bits per heavy atom. The number of hydrogen-bond donors (Lipinski definition) is 0. The summed E-state index contributed by atoms with van der Waals surface area (Å²) in [5.74, 6) is 3.04. The topological polar surface area (TPSA) is 62.6 Å². The Kier molecular flexibility index (Phi) is 6.72. The monoisotopic (exact) mass is 466 g/mol. The first kappa shape index (κ1) is 23.0. The van der Waals surface area contributed by atoms with Crippen LogP contribution in [-0.2, 0) is 0 Å². The van der Waals surface area contributed by atoms with E-state index in [4.69, 9.17) is 14.7 Å². The van der Waals surface area contributed by atoms with Gasteiger partial charge in [-0.25, -0.2) is 0 Å². The molecule has 178 valence electrons. The maximum Gasteiger partial charge on any atom is 0.254 e. The molecule has 1 saturated heterocycles. The lowest BCUT2D eigenvalue weighted by Gasteiger charge is -2.44. The minimum atomic E-state index is 0.0423. The highest BCUT2D eigenvalue weighted by Gasteiger charge is 2.36. The van der Waals surface area contributed by atoms with Gasteiger partial charge in [-0.1, -0.05) is 30.5 Å². The molecule has 2 fully saturated rings. The number of benzene rings is 3. The molecule has 0 radical (unpaired) electrons. The van der Waals surface area contributed by atoms with Crippen molar-refractivity contribution in [3.05, 3.63) is 83.4 Å². The first-order chi connectivity index (χ1) is 17.1. The zero-order valence-electron chi connectivity index (χ0n) is 20.1. The fourth-order valence-corrected chi connectivity index (χ4v) is 5.33. The van der Waals surface area contributed by atoms with Crippen LogP contribution in [-0.4, -0.2) is 23.4 Å². The van der Waals surface area contributed by atoms with E-state index in [1.54, 1.807) is 36.4 Å². The fraction of sp³-hybridized carbons (Fsp3) is 0.333. The predicted molar refractivity (Wildman–Crippen MR) is 135 cm³/mol. The van der Waals surface area contributed by atoms with Crippen molar-refractivity contribution in [2.75, 3.05) is 6.54 Å². The first-order valence-corrected chi connectivity index (χ1v) is 12.5. The van der Waals surface area contributed by atoms with E-state index in [1.165, 1.54) is 25.7 Å². The molecule has 1 heterocycles. The number of carbonyl (C=O) groups excluding carboxylic acids is 1. The second-order valence-electron chi connectivity index (χ2n) is 9.60. The van der Waals surface area contributed by atoms with Crippen LogP contribution in [0.15, 0.2) is 66.7 Å². The van der Waals surface area contributed by atoms with E-state index >= 15 is 0 Å². The van der Waals surface area contributed by atoms with Crippen LogP contribution >= 0.6 is 0 Å². The van der Waals surface area contributed by atoms with Crippen LogP contribution in [0.2, 0.25) is 0 Å². The van der Waals surface area contributed by atoms with Gasteiger partial charge in [-0.2, -0.15) is 5.26 Å². The average molecular weight is 467 g/mol. The summed E-state index contributed by atoms with van der Waals surface area (Å²) in [5, 5.41) is 9.07. The van der Waals surface area contributed by atoms with Crippen LogP contribution in [0.3, 0.4) is 0 Å². The molecule has 1 aliphatic carbocycles. The van der Waals surface area contributed by atoms with E-state index < -0.39 is 0 Å². The summed E-state index contributed by atoms with van der Waals surface area (Å²) < 4.78 is 12.2. The Balaban J connectivity index is 1.46. The third kappa shape index (κ3) is 5.33. The van der Waals surface area contributed by atoms with Gasteiger partial charge in [-0.05, 0) is 87.1 Å². The molecule has 0 N–H and O–H groups in total. The number of hydrogen-bond acceptors (Lipinski definition) is 4. The molecule has 5 heteroatoms. The number of piperidine rings is 1. The van der Waals surface area contributed by atoms with Crippen molar-refractivity contribution in [3.63, 3.8) is 0 Å². The number of nitrogens with zero attached hydrogens (tertiary/aromatic N) is 2. The molecule has 2 aliphatic rings. The Morgan fingerprint density at radius 2 is 1.43 bits per heavy atom. The first-order valence-electron chi connectivity index (χ1n) is 12.5. The van der Waals surface area contributed by atoms with Crippen molar-refractivity contribution in [1.29, 1.82) is 5.26 Å². The van der Waals surface area contributed by atoms with E-state index in [1.807, 2.05) is 37.3 Å². The molecule has 3 aromatic carbocycles. The van der Waals surface area contributed by atoms with E-state index in [9.17, 15) is 4.79 Å². The van der Waals surface area contributed by atoms with E-state index in [0.29, 0.717) is 46.1 Å². The summed E-state index contributed by atoms with van der Waals surface area (Å²) in [6, 6.07) is 22.6. The summed E-state index contributed by atoms with van der Waals surface area (Å²) in [7, 11) is 0. The van der Waals surface area contributed by atoms with Gasteiger partial charge in [0.15, 0.2) is 0 Å². The molecule has 1 aliphatic heterocycles. The molecular weight excluding hydrogens is 436 g/mol. The van der Waals surface area contributed by atoms with Crippen LogP contribution in [0.25, 0.3) is 0 Å². The van der Waals surface area contributed by atoms with Gasteiger partial charge < -0.3 is 14.4 Å². The van der Waals surface area contributed by atoms with Gasteiger partial charge in [0, 0.05) is 24.2 Å². The number of nitriles is 1. The number of ether oxygens (including phenoxy) is 2. The summed E-state index contributed by atoms with van der Waals surface area (Å²) >= 11 is 0. The van der Waals surface area contributed by atoms with Crippen molar-refractivity contribution < 1.29 is 14.3 Å².